The van der Waals surface area contributed by atoms with Gasteiger partial charge in [-0.15, -0.1) is 0 Å². The molecule has 1 saturated heterocycles. The van der Waals surface area contributed by atoms with E-state index in [0.29, 0.717) is 6.04 Å². The van der Waals surface area contributed by atoms with Gasteiger partial charge in [0.1, 0.15) is 0 Å². The number of aromatic nitrogens is 3. The Morgan fingerprint density at radius 3 is 2.60 bits per heavy atom. The van der Waals surface area contributed by atoms with Gasteiger partial charge in [-0.25, -0.2) is 9.50 Å². The van der Waals surface area contributed by atoms with Crippen molar-refractivity contribution in [3.05, 3.63) is 64.0 Å². The number of piperidine rings is 1. The minimum atomic E-state index is 0.121. The quantitative estimate of drug-likeness (QED) is 0.550. The highest BCUT2D eigenvalue weighted by atomic mass is 79.9. The fourth-order valence-corrected chi connectivity index (χ4v) is 4.46. The van der Waals surface area contributed by atoms with Crippen LogP contribution in [-0.2, 0) is 12.8 Å². The third kappa shape index (κ3) is 4.73. The van der Waals surface area contributed by atoms with Crippen LogP contribution in [0.15, 0.2) is 47.1 Å². The summed E-state index contributed by atoms with van der Waals surface area (Å²) in [5, 5.41) is 4.53. The van der Waals surface area contributed by atoms with Gasteiger partial charge in [0.2, 0.25) is 0 Å². The van der Waals surface area contributed by atoms with E-state index in [0.717, 1.165) is 66.7 Å². The molecule has 30 heavy (non-hydrogen) atoms. The van der Waals surface area contributed by atoms with Crippen molar-refractivity contribution >= 4 is 27.5 Å². The van der Waals surface area contributed by atoms with Gasteiger partial charge < -0.3 is 9.80 Å². The van der Waals surface area contributed by atoms with Crippen LogP contribution < -0.4 is 0 Å². The number of fused-ring (bicyclic) bond motifs is 1. The molecule has 0 spiro atoms. The number of carbonyl (C=O) groups excluding carboxylic acids is 1. The molecule has 0 saturated carbocycles. The normalized spacial score (nSPS) is 15.6. The minimum Gasteiger partial charge on any atom is -0.339 e. The number of hydrogen-bond acceptors (Lipinski definition) is 4. The van der Waals surface area contributed by atoms with Crippen LogP contribution in [0.3, 0.4) is 0 Å². The Morgan fingerprint density at radius 1 is 1.17 bits per heavy atom. The number of likely N-dealkylation sites (tertiary alicyclic amines) is 1. The lowest BCUT2D eigenvalue weighted by molar-refractivity contribution is 0.0659. The monoisotopic (exact) mass is 469 g/mol. The maximum absolute atomic E-state index is 12.8. The van der Waals surface area contributed by atoms with E-state index in [9.17, 15) is 4.79 Å². The third-order valence-corrected chi connectivity index (χ3v) is 6.60. The Bertz CT molecular complexity index is 1010. The van der Waals surface area contributed by atoms with Gasteiger partial charge in [-0.2, -0.15) is 5.10 Å². The molecule has 6 nitrogen and oxygen atoms in total. The van der Waals surface area contributed by atoms with Crippen molar-refractivity contribution in [1.29, 1.82) is 0 Å². The largest absolute Gasteiger partial charge is 0.339 e. The van der Waals surface area contributed by atoms with Crippen LogP contribution in [-0.4, -0.2) is 63.5 Å². The molecule has 1 aliphatic rings. The van der Waals surface area contributed by atoms with Crippen molar-refractivity contribution in [2.24, 2.45) is 0 Å². The zero-order valence-electron chi connectivity index (χ0n) is 17.6. The number of carbonyl (C=O) groups is 1. The zero-order chi connectivity index (χ0) is 21.1. The Labute approximate surface area is 186 Å². The number of benzene rings is 1. The van der Waals surface area contributed by atoms with E-state index in [1.165, 1.54) is 5.56 Å². The lowest BCUT2D eigenvalue weighted by Crippen LogP contribution is -2.44. The first-order chi connectivity index (χ1) is 14.5. The summed E-state index contributed by atoms with van der Waals surface area (Å²) in [6.07, 6.45) is 6.74. The van der Waals surface area contributed by atoms with Crippen LogP contribution in [0.25, 0.3) is 5.65 Å². The number of amides is 1. The molecule has 0 radical (unpaired) electrons. The van der Waals surface area contributed by atoms with Gasteiger partial charge in [0, 0.05) is 31.3 Å². The topological polar surface area (TPSA) is 53.7 Å². The predicted octanol–water partition coefficient (Wildman–Crippen LogP) is 3.83. The summed E-state index contributed by atoms with van der Waals surface area (Å²) in [6.45, 7) is 2.11. The first-order valence-corrected chi connectivity index (χ1v) is 11.3. The van der Waals surface area contributed by atoms with Crippen LogP contribution >= 0.6 is 15.9 Å². The molecular formula is C23H28BrN5O. The summed E-state index contributed by atoms with van der Waals surface area (Å²) >= 11 is 3.52. The number of hydrogen-bond donors (Lipinski definition) is 0. The molecule has 2 aromatic heterocycles. The van der Waals surface area contributed by atoms with Gasteiger partial charge in [-0.3, -0.25) is 4.79 Å². The first-order valence-electron chi connectivity index (χ1n) is 10.6. The van der Waals surface area contributed by atoms with Crippen LogP contribution in [0.1, 0.15) is 41.0 Å². The third-order valence-electron chi connectivity index (χ3n) is 5.98. The van der Waals surface area contributed by atoms with Crippen LogP contribution in [0.2, 0.25) is 0 Å². The highest BCUT2D eigenvalue weighted by molar-refractivity contribution is 9.10. The van der Waals surface area contributed by atoms with Crippen molar-refractivity contribution in [2.75, 3.05) is 27.2 Å². The lowest BCUT2D eigenvalue weighted by Gasteiger charge is -2.35. The van der Waals surface area contributed by atoms with E-state index in [1.54, 1.807) is 4.52 Å². The summed E-state index contributed by atoms with van der Waals surface area (Å²) < 4.78 is 2.76. The lowest BCUT2D eigenvalue weighted by atomic mass is 10.0. The van der Waals surface area contributed by atoms with Gasteiger partial charge in [0.05, 0.1) is 4.47 Å². The SMILES string of the molecule is CN1CCC(N(C)C(=O)c2ccc(CCCc3nc4c(Br)cccn4n3)cc2)CC1. The number of pyridine rings is 1. The fourth-order valence-electron chi connectivity index (χ4n) is 4.04. The van der Waals surface area contributed by atoms with Crippen molar-refractivity contribution < 1.29 is 4.79 Å². The molecule has 0 aliphatic carbocycles. The molecular weight excluding hydrogens is 442 g/mol. The molecule has 1 aliphatic heterocycles. The molecule has 0 bridgehead atoms. The predicted molar refractivity (Wildman–Crippen MR) is 122 cm³/mol. The summed E-state index contributed by atoms with van der Waals surface area (Å²) in [5.41, 5.74) is 2.86. The summed E-state index contributed by atoms with van der Waals surface area (Å²) in [7, 11) is 4.08. The summed E-state index contributed by atoms with van der Waals surface area (Å²) in [5.74, 6) is 0.976. The maximum Gasteiger partial charge on any atom is 0.253 e. The highest BCUT2D eigenvalue weighted by Gasteiger charge is 2.24. The van der Waals surface area contributed by atoms with Gasteiger partial charge in [0.15, 0.2) is 11.5 Å². The van der Waals surface area contributed by atoms with E-state index in [2.05, 4.69) is 50.1 Å². The molecule has 158 valence electrons. The van der Waals surface area contributed by atoms with Crippen molar-refractivity contribution in [2.45, 2.75) is 38.1 Å². The van der Waals surface area contributed by atoms with E-state index < -0.39 is 0 Å². The van der Waals surface area contributed by atoms with Crippen LogP contribution in [0.4, 0.5) is 0 Å². The van der Waals surface area contributed by atoms with Gasteiger partial charge in [-0.05, 0) is 91.6 Å². The van der Waals surface area contributed by atoms with Crippen molar-refractivity contribution in [3.8, 4) is 0 Å². The van der Waals surface area contributed by atoms with Gasteiger partial charge >= 0.3 is 0 Å². The number of halogens is 1. The smallest absolute Gasteiger partial charge is 0.253 e. The van der Waals surface area contributed by atoms with Gasteiger partial charge in [-0.1, -0.05) is 12.1 Å². The van der Waals surface area contributed by atoms with Crippen molar-refractivity contribution in [1.82, 2.24) is 24.4 Å². The average molecular weight is 470 g/mol. The molecule has 1 amide bonds. The molecule has 3 aromatic rings. The first kappa shape index (κ1) is 21.0. The Hall–Kier alpha value is -2.25. The molecule has 0 unspecified atom stereocenters. The van der Waals surface area contributed by atoms with Crippen molar-refractivity contribution in [3.63, 3.8) is 0 Å². The average Bonchev–Trinajstić information content (AvgIpc) is 3.18. The van der Waals surface area contributed by atoms with E-state index in [-0.39, 0.29) is 5.91 Å². The number of aryl methyl sites for hydroxylation is 2. The van der Waals surface area contributed by atoms with Crippen LogP contribution in [0.5, 0.6) is 0 Å². The maximum atomic E-state index is 12.8. The van der Waals surface area contributed by atoms with E-state index in [4.69, 9.17) is 0 Å². The highest BCUT2D eigenvalue weighted by Crippen LogP contribution is 2.18. The van der Waals surface area contributed by atoms with Gasteiger partial charge in [0.25, 0.3) is 5.91 Å². The van der Waals surface area contributed by atoms with Crippen LogP contribution in [0, 0.1) is 0 Å². The van der Waals surface area contributed by atoms with E-state index >= 15 is 0 Å². The number of rotatable bonds is 6. The number of nitrogens with zero attached hydrogens (tertiary/aromatic N) is 5. The zero-order valence-corrected chi connectivity index (χ0v) is 19.2. The fraction of sp³-hybridized carbons (Fsp3) is 0.435. The molecule has 1 aromatic carbocycles. The molecule has 4 rings (SSSR count). The molecule has 7 heteroatoms. The minimum absolute atomic E-state index is 0.121. The second-order valence-electron chi connectivity index (χ2n) is 8.15. The summed E-state index contributed by atoms with van der Waals surface area (Å²) in [4.78, 5) is 21.7. The molecule has 0 atom stereocenters. The second kappa shape index (κ2) is 9.27. The Balaban J connectivity index is 1.30. The molecule has 3 heterocycles. The van der Waals surface area contributed by atoms with E-state index in [1.807, 2.05) is 42.4 Å². The molecule has 1 fully saturated rings. The standard InChI is InChI=1S/C23H28BrN5O/c1-27-15-12-19(13-16-27)28(2)23(30)18-10-8-17(9-11-18)5-3-7-21-25-22-20(24)6-4-14-29(22)26-21/h4,6,8-11,14,19H,3,5,7,12-13,15-16H2,1-2H3. The second-order valence-corrected chi connectivity index (χ2v) is 9.01. The summed E-state index contributed by atoms with van der Waals surface area (Å²) in [6, 6.07) is 12.3. The molecule has 0 N–H and O–H groups in total. The Morgan fingerprint density at radius 2 is 1.90 bits per heavy atom. The Kier molecular flexibility index (Phi) is 6.49.